The Morgan fingerprint density at radius 3 is 2.28 bits per heavy atom. The van der Waals surface area contributed by atoms with Crippen molar-refractivity contribution in [3.8, 4) is 5.75 Å². The van der Waals surface area contributed by atoms with E-state index < -0.39 is 0 Å². The minimum absolute atomic E-state index is 0.182. The Kier molecular flexibility index (Phi) is 7.67. The topological polar surface area (TPSA) is 44.8 Å². The van der Waals surface area contributed by atoms with E-state index in [1.165, 1.54) is 16.7 Å². The van der Waals surface area contributed by atoms with Gasteiger partial charge in [0.2, 0.25) is 5.91 Å². The van der Waals surface area contributed by atoms with E-state index >= 15 is 0 Å². The lowest BCUT2D eigenvalue weighted by Gasteiger charge is -2.32. The number of hydrogen-bond donors (Lipinski definition) is 1. The second-order valence-corrected chi connectivity index (χ2v) is 8.14. The van der Waals surface area contributed by atoms with E-state index in [4.69, 9.17) is 4.74 Å². The molecule has 0 unspecified atom stereocenters. The Hall–Kier alpha value is -2.37. The number of carbonyl (C=O) groups is 1. The van der Waals surface area contributed by atoms with Crippen molar-refractivity contribution >= 4 is 5.91 Å². The molecule has 29 heavy (non-hydrogen) atoms. The predicted octanol–water partition coefficient (Wildman–Crippen LogP) is 3.22. The van der Waals surface area contributed by atoms with Crippen LogP contribution in [-0.2, 0) is 17.9 Å². The van der Waals surface area contributed by atoms with Crippen LogP contribution in [0.4, 0.5) is 0 Å². The number of likely N-dealkylation sites (tertiary alicyclic amines) is 1. The molecule has 3 rings (SSSR count). The maximum absolute atomic E-state index is 11.8. The molecule has 0 bridgehead atoms. The van der Waals surface area contributed by atoms with Crippen LogP contribution >= 0.6 is 0 Å². The summed E-state index contributed by atoms with van der Waals surface area (Å²) in [5, 5.41) is 3.65. The first-order valence-electron chi connectivity index (χ1n) is 10.4. The van der Waals surface area contributed by atoms with Crippen LogP contribution in [0.1, 0.15) is 29.5 Å². The third-order valence-corrected chi connectivity index (χ3v) is 5.49. The van der Waals surface area contributed by atoms with Gasteiger partial charge in [0.1, 0.15) is 12.4 Å². The van der Waals surface area contributed by atoms with E-state index in [0.717, 1.165) is 38.2 Å². The molecule has 1 saturated heterocycles. The maximum atomic E-state index is 11.8. The second kappa shape index (κ2) is 10.4. The number of piperidine rings is 1. The number of carbonyl (C=O) groups excluding carboxylic acids is 1. The zero-order chi connectivity index (χ0) is 20.6. The van der Waals surface area contributed by atoms with Crippen LogP contribution in [0.25, 0.3) is 0 Å². The maximum Gasteiger partial charge on any atom is 0.236 e. The Labute approximate surface area is 174 Å². The highest BCUT2D eigenvalue weighted by Gasteiger charge is 2.20. The van der Waals surface area contributed by atoms with Crippen molar-refractivity contribution in [3.63, 3.8) is 0 Å². The smallest absolute Gasteiger partial charge is 0.236 e. The highest BCUT2D eigenvalue weighted by molar-refractivity contribution is 5.77. The summed E-state index contributed by atoms with van der Waals surface area (Å²) < 4.78 is 5.88. The van der Waals surface area contributed by atoms with E-state index in [1.807, 2.05) is 26.2 Å². The van der Waals surface area contributed by atoms with E-state index in [9.17, 15) is 4.79 Å². The first kappa shape index (κ1) is 21.3. The normalized spacial score (nSPS) is 15.3. The summed E-state index contributed by atoms with van der Waals surface area (Å²) in [5.74, 6) is 1.08. The van der Waals surface area contributed by atoms with Gasteiger partial charge in [0.25, 0.3) is 0 Å². The van der Waals surface area contributed by atoms with Gasteiger partial charge in [-0.3, -0.25) is 9.69 Å². The minimum Gasteiger partial charge on any atom is -0.489 e. The average Bonchev–Trinajstić information content (AvgIpc) is 2.73. The molecule has 0 spiro atoms. The van der Waals surface area contributed by atoms with Gasteiger partial charge in [-0.1, -0.05) is 42.0 Å². The van der Waals surface area contributed by atoms with Gasteiger partial charge in [-0.25, -0.2) is 0 Å². The molecule has 0 aromatic heterocycles. The Morgan fingerprint density at radius 2 is 1.66 bits per heavy atom. The summed E-state index contributed by atoms with van der Waals surface area (Å²) in [6, 6.07) is 17.3. The second-order valence-electron chi connectivity index (χ2n) is 8.14. The molecule has 5 heteroatoms. The zero-order valence-corrected chi connectivity index (χ0v) is 17.9. The van der Waals surface area contributed by atoms with Gasteiger partial charge < -0.3 is 15.0 Å². The molecule has 1 aliphatic heterocycles. The molecule has 2 aromatic carbocycles. The van der Waals surface area contributed by atoms with Crippen molar-refractivity contribution in [2.45, 2.75) is 39.0 Å². The first-order valence-corrected chi connectivity index (χ1v) is 10.4. The lowest BCUT2D eigenvalue weighted by atomic mass is 10.0. The highest BCUT2D eigenvalue weighted by atomic mass is 16.5. The Bertz CT molecular complexity index is 764. The lowest BCUT2D eigenvalue weighted by molar-refractivity contribution is -0.130. The number of benzene rings is 2. The molecular weight excluding hydrogens is 362 g/mol. The fourth-order valence-electron chi connectivity index (χ4n) is 3.44. The van der Waals surface area contributed by atoms with Crippen molar-refractivity contribution in [2.24, 2.45) is 0 Å². The molecule has 5 nitrogen and oxygen atoms in total. The third-order valence-electron chi connectivity index (χ3n) is 5.49. The largest absolute Gasteiger partial charge is 0.489 e. The van der Waals surface area contributed by atoms with Crippen LogP contribution < -0.4 is 10.1 Å². The molecule has 1 fully saturated rings. The van der Waals surface area contributed by atoms with Gasteiger partial charge in [-0.2, -0.15) is 0 Å². The molecule has 0 radical (unpaired) electrons. The highest BCUT2D eigenvalue weighted by Crippen LogP contribution is 2.16. The number of amides is 1. The van der Waals surface area contributed by atoms with Gasteiger partial charge >= 0.3 is 0 Å². The van der Waals surface area contributed by atoms with Gasteiger partial charge in [0.05, 0.1) is 6.54 Å². The monoisotopic (exact) mass is 395 g/mol. The number of nitrogens with zero attached hydrogens (tertiary/aromatic N) is 2. The van der Waals surface area contributed by atoms with Crippen LogP contribution in [0.2, 0.25) is 0 Å². The molecule has 1 aliphatic rings. The number of hydrogen-bond acceptors (Lipinski definition) is 4. The fraction of sp³-hybridized carbons (Fsp3) is 0.458. The van der Waals surface area contributed by atoms with Gasteiger partial charge in [-0.05, 0) is 43.0 Å². The van der Waals surface area contributed by atoms with E-state index in [0.29, 0.717) is 19.2 Å². The van der Waals surface area contributed by atoms with E-state index in [2.05, 4.69) is 53.5 Å². The summed E-state index contributed by atoms with van der Waals surface area (Å²) in [6.45, 7) is 6.02. The number of ether oxygens (including phenoxy) is 1. The third kappa shape index (κ3) is 6.87. The summed E-state index contributed by atoms with van der Waals surface area (Å²) in [7, 11) is 3.63. The molecule has 0 atom stereocenters. The first-order chi connectivity index (χ1) is 14.0. The molecule has 1 heterocycles. The molecule has 1 amide bonds. The van der Waals surface area contributed by atoms with Crippen LogP contribution in [0.15, 0.2) is 48.5 Å². The molecular formula is C24H33N3O2. The summed E-state index contributed by atoms with van der Waals surface area (Å²) in [6.07, 6.45) is 2.16. The van der Waals surface area contributed by atoms with Crippen molar-refractivity contribution in [1.82, 2.24) is 15.1 Å². The summed E-state index contributed by atoms with van der Waals surface area (Å²) >= 11 is 0. The SMILES string of the molecule is Cc1ccc(COc2ccc(CNC3CCN(CC(=O)N(C)C)CC3)cc2)cc1. The zero-order valence-electron chi connectivity index (χ0n) is 17.9. The van der Waals surface area contributed by atoms with Crippen LogP contribution in [0.5, 0.6) is 5.75 Å². The van der Waals surface area contributed by atoms with E-state index in [-0.39, 0.29) is 5.91 Å². The average molecular weight is 396 g/mol. The van der Waals surface area contributed by atoms with E-state index in [1.54, 1.807) is 4.90 Å². The fourth-order valence-corrected chi connectivity index (χ4v) is 3.44. The quantitative estimate of drug-likeness (QED) is 0.745. The van der Waals surface area contributed by atoms with Gasteiger partial charge in [-0.15, -0.1) is 0 Å². The van der Waals surface area contributed by atoms with Crippen molar-refractivity contribution < 1.29 is 9.53 Å². The minimum atomic E-state index is 0.182. The van der Waals surface area contributed by atoms with Crippen molar-refractivity contribution in [1.29, 1.82) is 0 Å². The number of nitrogens with one attached hydrogen (secondary N) is 1. The van der Waals surface area contributed by atoms with Gasteiger partial charge in [0, 0.05) is 39.8 Å². The molecule has 1 N–H and O–H groups in total. The molecule has 2 aromatic rings. The van der Waals surface area contributed by atoms with Gasteiger partial charge in [0.15, 0.2) is 0 Å². The standard InChI is InChI=1S/C24H33N3O2/c1-19-4-6-21(7-5-19)18-29-23-10-8-20(9-11-23)16-25-22-12-14-27(15-13-22)17-24(28)26(2)3/h4-11,22,25H,12-18H2,1-3H3. The lowest BCUT2D eigenvalue weighted by Crippen LogP contribution is -2.45. The van der Waals surface area contributed by atoms with Crippen LogP contribution in [0, 0.1) is 6.92 Å². The molecule has 0 aliphatic carbocycles. The Balaban J connectivity index is 1.37. The van der Waals surface area contributed by atoms with Crippen LogP contribution in [-0.4, -0.2) is 55.5 Å². The summed E-state index contributed by atoms with van der Waals surface area (Å²) in [5.41, 5.74) is 3.70. The van der Waals surface area contributed by atoms with Crippen molar-refractivity contribution in [2.75, 3.05) is 33.7 Å². The number of rotatable bonds is 8. The number of likely N-dealkylation sites (N-methyl/N-ethyl adjacent to an activating group) is 1. The molecule has 0 saturated carbocycles. The Morgan fingerprint density at radius 1 is 1.03 bits per heavy atom. The summed E-state index contributed by atoms with van der Waals surface area (Å²) in [4.78, 5) is 15.7. The van der Waals surface area contributed by atoms with Crippen molar-refractivity contribution in [3.05, 3.63) is 65.2 Å². The molecule has 156 valence electrons. The predicted molar refractivity (Wildman–Crippen MR) is 117 cm³/mol. The van der Waals surface area contributed by atoms with Crippen LogP contribution in [0.3, 0.4) is 0 Å². The number of aryl methyl sites for hydroxylation is 1.